The van der Waals surface area contributed by atoms with E-state index in [9.17, 15) is 0 Å². The summed E-state index contributed by atoms with van der Waals surface area (Å²) in [7, 11) is 3.95. The van der Waals surface area contributed by atoms with Gasteiger partial charge in [-0.15, -0.1) is 0 Å². The summed E-state index contributed by atoms with van der Waals surface area (Å²) >= 11 is 0. The maximum atomic E-state index is 4.53. The molecule has 102 valence electrons. The molecular formula is C15H17N5. The maximum absolute atomic E-state index is 4.53. The second-order valence-corrected chi connectivity index (χ2v) is 5.00. The van der Waals surface area contributed by atoms with Gasteiger partial charge >= 0.3 is 0 Å². The summed E-state index contributed by atoms with van der Waals surface area (Å²) in [4.78, 5) is 14.0. The van der Waals surface area contributed by atoms with Gasteiger partial charge in [-0.2, -0.15) is 4.98 Å². The minimum Gasteiger partial charge on any atom is -0.362 e. The first-order valence-corrected chi connectivity index (χ1v) is 6.48. The van der Waals surface area contributed by atoms with E-state index in [4.69, 9.17) is 0 Å². The predicted molar refractivity (Wildman–Crippen MR) is 82.7 cm³/mol. The minimum atomic E-state index is 0.606. The zero-order valence-electron chi connectivity index (χ0n) is 11.8. The molecule has 0 saturated carbocycles. The van der Waals surface area contributed by atoms with Gasteiger partial charge in [0.25, 0.3) is 0 Å². The van der Waals surface area contributed by atoms with Gasteiger partial charge in [-0.25, -0.2) is 4.98 Å². The molecule has 5 heteroatoms. The highest BCUT2D eigenvalue weighted by atomic mass is 15.2. The van der Waals surface area contributed by atoms with E-state index in [1.54, 1.807) is 0 Å². The first-order chi connectivity index (χ1) is 9.63. The fraction of sp³-hybridized carbons (Fsp3) is 0.200. The van der Waals surface area contributed by atoms with Crippen LogP contribution in [0.2, 0.25) is 0 Å². The van der Waals surface area contributed by atoms with Crippen LogP contribution in [0.1, 0.15) is 5.56 Å². The molecule has 5 nitrogen and oxygen atoms in total. The van der Waals surface area contributed by atoms with Crippen LogP contribution in [0.15, 0.2) is 36.7 Å². The van der Waals surface area contributed by atoms with Crippen molar-refractivity contribution in [1.82, 2.24) is 15.0 Å². The van der Waals surface area contributed by atoms with Gasteiger partial charge in [-0.05, 0) is 31.2 Å². The van der Waals surface area contributed by atoms with Crippen LogP contribution < -0.4 is 10.2 Å². The number of nitrogens with zero attached hydrogens (tertiary/aromatic N) is 3. The Kier molecular flexibility index (Phi) is 3.02. The van der Waals surface area contributed by atoms with Crippen molar-refractivity contribution < 1.29 is 0 Å². The molecule has 0 atom stereocenters. The molecule has 3 aromatic rings. The summed E-state index contributed by atoms with van der Waals surface area (Å²) < 4.78 is 0. The van der Waals surface area contributed by atoms with Crippen LogP contribution in [-0.4, -0.2) is 29.0 Å². The molecule has 2 aromatic heterocycles. The summed E-state index contributed by atoms with van der Waals surface area (Å²) in [6.07, 6.45) is 3.76. The second-order valence-electron chi connectivity index (χ2n) is 5.00. The lowest BCUT2D eigenvalue weighted by Crippen LogP contribution is -2.13. The molecule has 2 heterocycles. The Morgan fingerprint density at radius 1 is 1.20 bits per heavy atom. The number of aromatic amines is 1. The smallest absolute Gasteiger partial charge is 0.229 e. The Labute approximate surface area is 117 Å². The third kappa shape index (κ3) is 2.30. The second kappa shape index (κ2) is 4.85. The van der Waals surface area contributed by atoms with Gasteiger partial charge in [0.2, 0.25) is 5.95 Å². The number of rotatable bonds is 3. The minimum absolute atomic E-state index is 0.606. The normalized spacial score (nSPS) is 10.8. The summed E-state index contributed by atoms with van der Waals surface area (Å²) in [5, 5.41) is 4.41. The molecule has 0 aliphatic carbocycles. The van der Waals surface area contributed by atoms with Crippen LogP contribution in [0.25, 0.3) is 10.9 Å². The SMILES string of the molecule is Cc1cnc(Nc2ccc3[nH]ccc3c2)nc1N(C)C. The lowest BCUT2D eigenvalue weighted by atomic mass is 10.2. The highest BCUT2D eigenvalue weighted by molar-refractivity contribution is 5.83. The number of benzene rings is 1. The molecule has 0 aliphatic rings. The molecular weight excluding hydrogens is 250 g/mol. The monoisotopic (exact) mass is 267 g/mol. The van der Waals surface area contributed by atoms with Gasteiger partial charge in [0.15, 0.2) is 0 Å². The number of anilines is 3. The van der Waals surface area contributed by atoms with Crippen molar-refractivity contribution in [2.24, 2.45) is 0 Å². The number of H-pyrrole nitrogens is 1. The molecule has 0 saturated heterocycles. The van der Waals surface area contributed by atoms with Crippen molar-refractivity contribution in [2.45, 2.75) is 6.92 Å². The van der Waals surface area contributed by atoms with Crippen molar-refractivity contribution in [3.05, 3.63) is 42.2 Å². The molecule has 0 aliphatic heterocycles. The molecule has 0 bridgehead atoms. The van der Waals surface area contributed by atoms with E-state index >= 15 is 0 Å². The van der Waals surface area contributed by atoms with Gasteiger partial charge < -0.3 is 15.2 Å². The standard InChI is InChI=1S/C15H17N5/c1-10-9-17-15(19-14(10)20(2)3)18-12-4-5-13-11(8-12)6-7-16-13/h4-9,16H,1-3H3,(H,17,18,19). The van der Waals surface area contributed by atoms with Gasteiger partial charge in [-0.3, -0.25) is 0 Å². The Balaban J connectivity index is 1.92. The lowest BCUT2D eigenvalue weighted by Gasteiger charge is -2.15. The van der Waals surface area contributed by atoms with Crippen LogP contribution in [-0.2, 0) is 0 Å². The molecule has 20 heavy (non-hydrogen) atoms. The zero-order valence-corrected chi connectivity index (χ0v) is 11.8. The zero-order chi connectivity index (χ0) is 14.1. The largest absolute Gasteiger partial charge is 0.362 e. The van der Waals surface area contributed by atoms with Gasteiger partial charge in [0.05, 0.1) is 0 Å². The number of nitrogens with one attached hydrogen (secondary N) is 2. The summed E-state index contributed by atoms with van der Waals surface area (Å²) in [5.41, 5.74) is 3.15. The number of fused-ring (bicyclic) bond motifs is 1. The quantitative estimate of drug-likeness (QED) is 0.765. The van der Waals surface area contributed by atoms with Crippen molar-refractivity contribution in [3.63, 3.8) is 0 Å². The highest BCUT2D eigenvalue weighted by Crippen LogP contribution is 2.22. The van der Waals surface area contributed by atoms with Crippen LogP contribution in [0.5, 0.6) is 0 Å². The summed E-state index contributed by atoms with van der Waals surface area (Å²) in [5.74, 6) is 1.53. The van der Waals surface area contributed by atoms with E-state index < -0.39 is 0 Å². The van der Waals surface area contributed by atoms with Gasteiger partial charge in [0, 0.05) is 48.6 Å². The fourth-order valence-electron chi connectivity index (χ4n) is 2.21. The molecule has 0 unspecified atom stereocenters. The van der Waals surface area contributed by atoms with Crippen molar-refractivity contribution in [1.29, 1.82) is 0 Å². The van der Waals surface area contributed by atoms with Crippen LogP contribution in [0.3, 0.4) is 0 Å². The van der Waals surface area contributed by atoms with E-state index in [0.29, 0.717) is 5.95 Å². The third-order valence-electron chi connectivity index (χ3n) is 3.18. The van der Waals surface area contributed by atoms with Crippen molar-refractivity contribution in [3.8, 4) is 0 Å². The summed E-state index contributed by atoms with van der Waals surface area (Å²) in [6, 6.07) is 8.17. The number of aryl methyl sites for hydroxylation is 1. The predicted octanol–water partition coefficient (Wildman–Crippen LogP) is 3.08. The van der Waals surface area contributed by atoms with E-state index in [2.05, 4.69) is 26.3 Å². The Morgan fingerprint density at radius 2 is 2.05 bits per heavy atom. The number of hydrogen-bond acceptors (Lipinski definition) is 4. The number of hydrogen-bond donors (Lipinski definition) is 2. The molecule has 0 fully saturated rings. The van der Waals surface area contributed by atoms with Gasteiger partial charge in [-0.1, -0.05) is 0 Å². The third-order valence-corrected chi connectivity index (χ3v) is 3.18. The van der Waals surface area contributed by atoms with E-state index in [-0.39, 0.29) is 0 Å². The Hall–Kier alpha value is -2.56. The summed E-state index contributed by atoms with van der Waals surface area (Å²) in [6.45, 7) is 2.00. The Bertz CT molecular complexity index is 745. The molecule has 2 N–H and O–H groups in total. The first kappa shape index (κ1) is 12.5. The molecule has 3 rings (SSSR count). The number of aromatic nitrogens is 3. The topological polar surface area (TPSA) is 56.8 Å². The Morgan fingerprint density at radius 3 is 2.85 bits per heavy atom. The molecule has 0 amide bonds. The average molecular weight is 267 g/mol. The van der Waals surface area contributed by atoms with Crippen molar-refractivity contribution >= 4 is 28.4 Å². The van der Waals surface area contributed by atoms with Gasteiger partial charge in [0.1, 0.15) is 5.82 Å². The van der Waals surface area contributed by atoms with Crippen LogP contribution in [0, 0.1) is 6.92 Å². The highest BCUT2D eigenvalue weighted by Gasteiger charge is 2.06. The van der Waals surface area contributed by atoms with E-state index in [0.717, 1.165) is 28.0 Å². The van der Waals surface area contributed by atoms with E-state index in [1.165, 1.54) is 0 Å². The average Bonchev–Trinajstić information content (AvgIpc) is 2.88. The fourth-order valence-corrected chi connectivity index (χ4v) is 2.21. The molecule has 1 aromatic carbocycles. The lowest BCUT2D eigenvalue weighted by molar-refractivity contribution is 1.02. The molecule has 0 spiro atoms. The van der Waals surface area contributed by atoms with E-state index in [1.807, 2.05) is 56.5 Å². The van der Waals surface area contributed by atoms with Crippen molar-refractivity contribution in [2.75, 3.05) is 24.3 Å². The maximum Gasteiger partial charge on any atom is 0.229 e. The molecule has 0 radical (unpaired) electrons. The first-order valence-electron chi connectivity index (χ1n) is 6.48. The van der Waals surface area contributed by atoms with Crippen LogP contribution in [0.4, 0.5) is 17.5 Å². The van der Waals surface area contributed by atoms with Crippen LogP contribution >= 0.6 is 0 Å².